The maximum atomic E-state index is 12.0. The second-order valence-corrected chi connectivity index (χ2v) is 14.4. The summed E-state index contributed by atoms with van der Waals surface area (Å²) < 4.78 is 17.2. The number of esters is 1. The van der Waals surface area contributed by atoms with Gasteiger partial charge in [-0.3, -0.25) is 0 Å². The number of allylic oxidation sites excluding steroid dienone is 2. The topological polar surface area (TPSA) is 44.8 Å². The van der Waals surface area contributed by atoms with Gasteiger partial charge in [-0.25, -0.2) is 4.79 Å². The Balaban J connectivity index is 2.63. The summed E-state index contributed by atoms with van der Waals surface area (Å²) in [6.07, 6.45) is 1.82. The number of hydrogen-bond acceptors (Lipinski definition) is 4. The highest BCUT2D eigenvalue weighted by atomic mass is 28.3. The van der Waals surface area contributed by atoms with Crippen molar-refractivity contribution in [3.05, 3.63) is 23.2 Å². The molecule has 24 heavy (non-hydrogen) atoms. The van der Waals surface area contributed by atoms with E-state index in [4.69, 9.17) is 14.0 Å². The summed E-state index contributed by atoms with van der Waals surface area (Å²) in [7, 11) is -1.59. The van der Waals surface area contributed by atoms with E-state index in [1.807, 2.05) is 46.7 Å². The molecule has 0 aromatic heterocycles. The Bertz CT molecular complexity index is 514. The van der Waals surface area contributed by atoms with Gasteiger partial charge in [0.15, 0.2) is 0 Å². The highest BCUT2D eigenvalue weighted by Crippen LogP contribution is 2.37. The first kappa shape index (κ1) is 21.2. The van der Waals surface area contributed by atoms with Gasteiger partial charge >= 0.3 is 13.1 Å². The first-order chi connectivity index (χ1) is 10.7. The third-order valence-corrected chi connectivity index (χ3v) is 6.23. The molecule has 0 unspecified atom stereocenters. The highest BCUT2D eigenvalue weighted by Gasteiger charge is 2.50. The van der Waals surface area contributed by atoms with Crippen LogP contribution in [0.4, 0.5) is 0 Å². The first-order valence-corrected chi connectivity index (χ1v) is 12.3. The Morgan fingerprint density at radius 1 is 1.08 bits per heavy atom. The van der Waals surface area contributed by atoms with Gasteiger partial charge in [-0.1, -0.05) is 37.3 Å². The fourth-order valence-electron chi connectivity index (χ4n) is 2.18. The van der Waals surface area contributed by atoms with E-state index in [0.29, 0.717) is 12.2 Å². The molecule has 0 aromatic carbocycles. The van der Waals surface area contributed by atoms with Crippen LogP contribution < -0.4 is 0 Å². The van der Waals surface area contributed by atoms with E-state index in [9.17, 15) is 4.79 Å². The second-order valence-electron chi connectivity index (χ2n) is 8.81. The van der Waals surface area contributed by atoms with Gasteiger partial charge in [0.1, 0.15) is 0 Å². The van der Waals surface area contributed by atoms with Gasteiger partial charge in [0.25, 0.3) is 0 Å². The summed E-state index contributed by atoms with van der Waals surface area (Å²) in [4.78, 5) is 12.0. The number of carbonyl (C=O) groups excluding carboxylic acids is 1. The van der Waals surface area contributed by atoms with E-state index in [1.165, 1.54) is 0 Å². The van der Waals surface area contributed by atoms with Gasteiger partial charge in [-0.15, -0.1) is 0 Å². The Hall–Kier alpha value is -0.848. The maximum Gasteiger partial charge on any atom is 0.487 e. The molecular weight excluding hydrogens is 319 g/mol. The van der Waals surface area contributed by atoms with E-state index in [1.54, 1.807) is 6.92 Å². The molecule has 0 saturated carbocycles. The van der Waals surface area contributed by atoms with Crippen molar-refractivity contribution in [1.82, 2.24) is 0 Å². The number of carbonyl (C=O) groups is 1. The standard InChI is InChI=1S/C18H33BO4Si/c1-14(13-19-22-17(3,4)18(5,6)23-19)12-15(2)16(20)21-10-11-24(7,8)9/h12-13H,10-11H2,1-9H3/b14-13+,15-12+. The lowest BCUT2D eigenvalue weighted by Gasteiger charge is -2.32. The summed E-state index contributed by atoms with van der Waals surface area (Å²) in [5, 5.41) is 0. The third-order valence-electron chi connectivity index (χ3n) is 4.52. The molecule has 0 N–H and O–H groups in total. The van der Waals surface area contributed by atoms with Crippen LogP contribution in [0, 0.1) is 0 Å². The van der Waals surface area contributed by atoms with E-state index in [0.717, 1.165) is 11.6 Å². The SMILES string of the molecule is CC(=C\B1OC(C)(C)C(C)(C)O1)/C=C(\C)C(=O)OCC[Si](C)(C)C. The summed E-state index contributed by atoms with van der Waals surface area (Å²) in [6, 6.07) is 0.981. The molecule has 0 amide bonds. The smallest absolute Gasteiger partial charge is 0.463 e. The Morgan fingerprint density at radius 2 is 1.58 bits per heavy atom. The van der Waals surface area contributed by atoms with Crippen molar-refractivity contribution in [2.24, 2.45) is 0 Å². The lowest BCUT2D eigenvalue weighted by Crippen LogP contribution is -2.41. The molecule has 1 rings (SSSR count). The second kappa shape index (κ2) is 7.58. The van der Waals surface area contributed by atoms with Crippen molar-refractivity contribution in [2.45, 2.75) is 78.4 Å². The summed E-state index contributed by atoms with van der Waals surface area (Å²) in [5.41, 5.74) is 0.801. The van der Waals surface area contributed by atoms with E-state index >= 15 is 0 Å². The molecule has 136 valence electrons. The van der Waals surface area contributed by atoms with Gasteiger partial charge < -0.3 is 14.0 Å². The molecule has 0 aromatic rings. The van der Waals surface area contributed by atoms with Crippen molar-refractivity contribution in [2.75, 3.05) is 6.61 Å². The van der Waals surface area contributed by atoms with Gasteiger partial charge in [-0.2, -0.15) is 0 Å². The van der Waals surface area contributed by atoms with E-state index < -0.39 is 15.2 Å². The van der Waals surface area contributed by atoms with Crippen molar-refractivity contribution in [3.8, 4) is 0 Å². The van der Waals surface area contributed by atoms with Gasteiger partial charge in [0.05, 0.1) is 17.8 Å². The largest absolute Gasteiger partial charge is 0.487 e. The quantitative estimate of drug-likeness (QED) is 0.308. The number of hydrogen-bond donors (Lipinski definition) is 0. The fourth-order valence-corrected chi connectivity index (χ4v) is 2.90. The first-order valence-electron chi connectivity index (χ1n) is 8.63. The van der Waals surface area contributed by atoms with Crippen molar-refractivity contribution >= 4 is 21.2 Å². The summed E-state index contributed by atoms with van der Waals surface area (Å²) in [6.45, 7) is 19.1. The zero-order valence-electron chi connectivity index (χ0n) is 16.8. The van der Waals surface area contributed by atoms with Gasteiger partial charge in [-0.05, 0) is 47.6 Å². The van der Waals surface area contributed by atoms with Gasteiger partial charge in [0.2, 0.25) is 0 Å². The van der Waals surface area contributed by atoms with Crippen LogP contribution in [0.1, 0.15) is 41.5 Å². The summed E-state index contributed by atoms with van der Waals surface area (Å²) >= 11 is 0. The molecule has 0 radical (unpaired) electrons. The van der Waals surface area contributed by atoms with Crippen molar-refractivity contribution < 1.29 is 18.8 Å². The fraction of sp³-hybridized carbons (Fsp3) is 0.722. The van der Waals surface area contributed by atoms with Crippen LogP contribution in [-0.4, -0.2) is 39.0 Å². The molecule has 0 aliphatic carbocycles. The average Bonchev–Trinajstić information content (AvgIpc) is 2.54. The van der Waals surface area contributed by atoms with Crippen molar-refractivity contribution in [3.63, 3.8) is 0 Å². The Kier molecular flexibility index (Phi) is 6.70. The minimum absolute atomic E-state index is 0.255. The van der Waals surface area contributed by atoms with Crippen LogP contribution in [0.2, 0.25) is 25.7 Å². The molecule has 0 spiro atoms. The maximum absolute atomic E-state index is 12.0. The summed E-state index contributed by atoms with van der Waals surface area (Å²) in [5.74, 6) is 1.64. The van der Waals surface area contributed by atoms with Crippen LogP contribution in [-0.2, 0) is 18.8 Å². The molecule has 0 atom stereocenters. The lowest BCUT2D eigenvalue weighted by molar-refractivity contribution is -0.138. The molecule has 1 saturated heterocycles. The zero-order chi connectivity index (χ0) is 18.8. The Morgan fingerprint density at radius 3 is 2.04 bits per heavy atom. The monoisotopic (exact) mass is 352 g/mol. The average molecular weight is 352 g/mol. The number of rotatable bonds is 6. The van der Waals surface area contributed by atoms with Crippen molar-refractivity contribution in [1.29, 1.82) is 0 Å². The van der Waals surface area contributed by atoms with Crippen LogP contribution in [0.25, 0.3) is 0 Å². The van der Waals surface area contributed by atoms with Gasteiger partial charge in [0, 0.05) is 13.6 Å². The normalized spacial score (nSPS) is 21.1. The lowest BCUT2D eigenvalue weighted by atomic mass is 9.87. The molecule has 1 heterocycles. The molecule has 1 aliphatic heterocycles. The van der Waals surface area contributed by atoms with E-state index in [-0.39, 0.29) is 17.2 Å². The Labute approximate surface area is 148 Å². The molecule has 0 bridgehead atoms. The van der Waals surface area contributed by atoms with Crippen LogP contribution in [0.15, 0.2) is 23.2 Å². The third kappa shape index (κ3) is 6.22. The predicted molar refractivity (Wildman–Crippen MR) is 103 cm³/mol. The molecule has 4 nitrogen and oxygen atoms in total. The molecule has 1 fully saturated rings. The minimum atomic E-state index is -1.18. The molecule has 1 aliphatic rings. The van der Waals surface area contributed by atoms with Crippen LogP contribution >= 0.6 is 0 Å². The van der Waals surface area contributed by atoms with E-state index in [2.05, 4.69) is 19.6 Å². The molecular formula is C18H33BO4Si. The minimum Gasteiger partial charge on any atom is -0.463 e. The predicted octanol–water partition coefficient (Wildman–Crippen LogP) is 4.39. The number of ether oxygens (including phenoxy) is 1. The molecule has 6 heteroatoms. The zero-order valence-corrected chi connectivity index (χ0v) is 17.8. The highest BCUT2D eigenvalue weighted by molar-refractivity contribution is 6.76. The van der Waals surface area contributed by atoms with Crippen LogP contribution in [0.5, 0.6) is 0 Å². The van der Waals surface area contributed by atoms with Crippen LogP contribution in [0.3, 0.4) is 0 Å².